The molecule has 1 rings (SSSR count). The van der Waals surface area contributed by atoms with Crippen LogP contribution in [0.25, 0.3) is 0 Å². The molecule has 1 unspecified atom stereocenters. The number of rotatable bonds is 18. The summed E-state index contributed by atoms with van der Waals surface area (Å²) in [6.07, 6.45) is 23.3. The van der Waals surface area contributed by atoms with Crippen LogP contribution in [0.5, 0.6) is 0 Å². The summed E-state index contributed by atoms with van der Waals surface area (Å²) in [4.78, 5) is 14.3. The van der Waals surface area contributed by atoms with Gasteiger partial charge in [0.15, 0.2) is 0 Å². The molecule has 0 aliphatic carbocycles. The van der Waals surface area contributed by atoms with Crippen LogP contribution in [0.15, 0.2) is 12.4 Å². The van der Waals surface area contributed by atoms with Crippen LogP contribution in [0, 0.1) is 0 Å². The number of amides is 1. The van der Waals surface area contributed by atoms with Crippen LogP contribution in [0.3, 0.4) is 0 Å². The monoisotopic (exact) mass is 379 g/mol. The molecule has 1 aliphatic heterocycles. The molecule has 27 heavy (non-hydrogen) atoms. The predicted octanol–water partition coefficient (Wildman–Crippen LogP) is 5.70. The van der Waals surface area contributed by atoms with Gasteiger partial charge in [0.25, 0.3) is 0 Å². The molecule has 0 aromatic heterocycles. The smallest absolute Gasteiger partial charge is 0.220 e. The largest absolute Gasteiger partial charge is 0.370 e. The highest BCUT2D eigenvalue weighted by atomic mass is 16.1. The van der Waals surface area contributed by atoms with Crippen molar-refractivity contribution < 1.29 is 4.79 Å². The molecule has 0 spiro atoms. The molecule has 0 fully saturated rings. The molecule has 0 bridgehead atoms. The van der Waals surface area contributed by atoms with Crippen LogP contribution in [0.4, 0.5) is 0 Å². The Labute approximate surface area is 168 Å². The van der Waals surface area contributed by atoms with Gasteiger partial charge in [0.2, 0.25) is 5.91 Å². The Bertz CT molecular complexity index is 384. The number of nitrogens with one attached hydrogen (secondary N) is 2. The van der Waals surface area contributed by atoms with Gasteiger partial charge in [0.05, 0.1) is 6.17 Å². The summed E-state index contributed by atoms with van der Waals surface area (Å²) in [6.45, 7) is 6.15. The zero-order chi connectivity index (χ0) is 19.6. The van der Waals surface area contributed by atoms with Crippen molar-refractivity contribution in [2.75, 3.05) is 13.1 Å². The first-order valence-electron chi connectivity index (χ1n) is 11.7. The Hall–Kier alpha value is -1.19. The molecule has 1 aliphatic rings. The Morgan fingerprint density at radius 3 is 2.15 bits per heavy atom. The van der Waals surface area contributed by atoms with Gasteiger partial charge in [-0.1, -0.05) is 84.5 Å². The number of carbonyl (C=O) groups is 1. The number of carbonyl (C=O) groups excluding carboxylic acids is 1. The molecule has 1 amide bonds. The first-order chi connectivity index (χ1) is 13.3. The molecule has 0 saturated heterocycles. The molecule has 2 N–H and O–H groups in total. The van der Waals surface area contributed by atoms with Gasteiger partial charge in [0.1, 0.15) is 0 Å². The van der Waals surface area contributed by atoms with Crippen LogP contribution < -0.4 is 10.6 Å². The van der Waals surface area contributed by atoms with Crippen molar-refractivity contribution in [1.29, 1.82) is 0 Å². The lowest BCUT2D eigenvalue weighted by molar-refractivity contribution is -0.121. The lowest BCUT2D eigenvalue weighted by Gasteiger charge is -2.25. The van der Waals surface area contributed by atoms with E-state index in [2.05, 4.69) is 35.6 Å². The van der Waals surface area contributed by atoms with Crippen LogP contribution in [0.2, 0.25) is 0 Å². The number of unbranched alkanes of at least 4 members (excludes halogenated alkanes) is 11. The molecular weight excluding hydrogens is 334 g/mol. The quantitative estimate of drug-likeness (QED) is 0.300. The van der Waals surface area contributed by atoms with Gasteiger partial charge < -0.3 is 15.5 Å². The second kappa shape index (κ2) is 16.9. The normalized spacial score (nSPS) is 15.9. The Morgan fingerprint density at radius 2 is 1.48 bits per heavy atom. The van der Waals surface area contributed by atoms with E-state index in [0.29, 0.717) is 12.6 Å². The molecule has 158 valence electrons. The van der Waals surface area contributed by atoms with E-state index in [1.54, 1.807) is 0 Å². The predicted molar refractivity (Wildman–Crippen MR) is 116 cm³/mol. The summed E-state index contributed by atoms with van der Waals surface area (Å²) >= 11 is 0. The SMILES string of the molecule is CCCCCCCCCCCC(=O)NCCN1C=CNC1CCCCCC. The van der Waals surface area contributed by atoms with Gasteiger partial charge in [0, 0.05) is 31.9 Å². The second-order valence-corrected chi connectivity index (χ2v) is 8.01. The van der Waals surface area contributed by atoms with Crippen molar-refractivity contribution in [3.63, 3.8) is 0 Å². The fourth-order valence-electron chi connectivity index (χ4n) is 3.70. The van der Waals surface area contributed by atoms with Gasteiger partial charge in [-0.2, -0.15) is 0 Å². The van der Waals surface area contributed by atoms with E-state index in [1.807, 2.05) is 6.20 Å². The summed E-state index contributed by atoms with van der Waals surface area (Å²) in [7, 11) is 0. The molecule has 1 atom stereocenters. The molecular formula is C23H45N3O. The highest BCUT2D eigenvalue weighted by molar-refractivity contribution is 5.75. The van der Waals surface area contributed by atoms with E-state index in [0.717, 1.165) is 19.5 Å². The van der Waals surface area contributed by atoms with Crippen molar-refractivity contribution in [3.05, 3.63) is 12.4 Å². The fourth-order valence-corrected chi connectivity index (χ4v) is 3.70. The Kier molecular flexibility index (Phi) is 15.0. The van der Waals surface area contributed by atoms with Gasteiger partial charge in [-0.15, -0.1) is 0 Å². The summed E-state index contributed by atoms with van der Waals surface area (Å²) in [5.74, 6) is 0.216. The molecule has 4 nitrogen and oxygen atoms in total. The minimum atomic E-state index is 0.216. The first-order valence-corrected chi connectivity index (χ1v) is 11.7. The van der Waals surface area contributed by atoms with E-state index >= 15 is 0 Å². The summed E-state index contributed by atoms with van der Waals surface area (Å²) < 4.78 is 0. The van der Waals surface area contributed by atoms with Crippen molar-refractivity contribution >= 4 is 5.91 Å². The van der Waals surface area contributed by atoms with E-state index in [-0.39, 0.29) is 5.91 Å². The highest BCUT2D eigenvalue weighted by Gasteiger charge is 2.17. The average Bonchev–Trinajstić information content (AvgIpc) is 3.11. The van der Waals surface area contributed by atoms with E-state index in [1.165, 1.54) is 83.5 Å². The Balaban J connectivity index is 1.94. The fraction of sp³-hybridized carbons (Fsp3) is 0.870. The Morgan fingerprint density at radius 1 is 0.889 bits per heavy atom. The third-order valence-corrected chi connectivity index (χ3v) is 5.49. The van der Waals surface area contributed by atoms with Crippen molar-refractivity contribution in [2.45, 2.75) is 116 Å². The molecule has 0 saturated carbocycles. The zero-order valence-electron chi connectivity index (χ0n) is 18.1. The summed E-state index contributed by atoms with van der Waals surface area (Å²) in [5, 5.41) is 6.51. The lowest BCUT2D eigenvalue weighted by Crippen LogP contribution is -2.40. The molecule has 0 radical (unpaired) electrons. The van der Waals surface area contributed by atoms with Crippen LogP contribution in [0.1, 0.15) is 110 Å². The minimum absolute atomic E-state index is 0.216. The third-order valence-electron chi connectivity index (χ3n) is 5.49. The maximum Gasteiger partial charge on any atom is 0.220 e. The standard InChI is InChI=1S/C23H45N3O/c1-3-5-7-9-10-11-12-13-15-17-23(27)25-19-21-26-20-18-24-22(26)16-14-8-6-4-2/h18,20,22,24H,3-17,19,21H2,1-2H3,(H,25,27). The van der Waals surface area contributed by atoms with Crippen LogP contribution >= 0.6 is 0 Å². The number of nitrogens with zero attached hydrogens (tertiary/aromatic N) is 1. The van der Waals surface area contributed by atoms with Crippen molar-refractivity contribution in [2.24, 2.45) is 0 Å². The first kappa shape index (κ1) is 23.8. The third kappa shape index (κ3) is 12.8. The minimum Gasteiger partial charge on any atom is -0.370 e. The van der Waals surface area contributed by atoms with Gasteiger partial charge >= 0.3 is 0 Å². The van der Waals surface area contributed by atoms with Gasteiger partial charge in [-0.25, -0.2) is 0 Å². The zero-order valence-corrected chi connectivity index (χ0v) is 18.1. The second-order valence-electron chi connectivity index (χ2n) is 8.01. The van der Waals surface area contributed by atoms with E-state index in [4.69, 9.17) is 0 Å². The maximum absolute atomic E-state index is 12.0. The van der Waals surface area contributed by atoms with Gasteiger partial charge in [-0.05, 0) is 19.3 Å². The maximum atomic E-state index is 12.0. The summed E-state index contributed by atoms with van der Waals surface area (Å²) in [5.41, 5.74) is 0. The number of hydrogen-bond acceptors (Lipinski definition) is 3. The molecule has 4 heteroatoms. The van der Waals surface area contributed by atoms with Gasteiger partial charge in [-0.3, -0.25) is 4.79 Å². The summed E-state index contributed by atoms with van der Waals surface area (Å²) in [6, 6.07) is 0. The topological polar surface area (TPSA) is 44.4 Å². The highest BCUT2D eigenvalue weighted by Crippen LogP contribution is 2.13. The average molecular weight is 380 g/mol. The van der Waals surface area contributed by atoms with Crippen molar-refractivity contribution in [3.8, 4) is 0 Å². The van der Waals surface area contributed by atoms with Crippen LogP contribution in [-0.4, -0.2) is 30.1 Å². The lowest BCUT2D eigenvalue weighted by atomic mass is 10.1. The van der Waals surface area contributed by atoms with Crippen LogP contribution in [-0.2, 0) is 4.79 Å². The molecule has 0 aromatic rings. The van der Waals surface area contributed by atoms with E-state index < -0.39 is 0 Å². The number of hydrogen-bond donors (Lipinski definition) is 2. The molecule has 0 aromatic carbocycles. The van der Waals surface area contributed by atoms with Crippen molar-refractivity contribution in [1.82, 2.24) is 15.5 Å². The van der Waals surface area contributed by atoms with E-state index in [9.17, 15) is 4.79 Å². The molecule has 1 heterocycles.